The van der Waals surface area contributed by atoms with Crippen LogP contribution in [0.25, 0.3) is 0 Å². The highest BCUT2D eigenvalue weighted by Gasteiger charge is 2.38. The fourth-order valence-electron chi connectivity index (χ4n) is 3.07. The molecule has 114 valence electrons. The van der Waals surface area contributed by atoms with Crippen molar-refractivity contribution in [2.24, 2.45) is 0 Å². The second-order valence-electron chi connectivity index (χ2n) is 6.62. The van der Waals surface area contributed by atoms with E-state index >= 15 is 0 Å². The maximum Gasteiger partial charge on any atom is 0.0327 e. The Labute approximate surface area is 121 Å². The van der Waals surface area contributed by atoms with Gasteiger partial charge in [-0.3, -0.25) is 0 Å². The summed E-state index contributed by atoms with van der Waals surface area (Å²) in [6, 6.07) is 0. The Balaban J connectivity index is 1.86. The lowest BCUT2D eigenvalue weighted by molar-refractivity contribution is 0.0602. The summed E-state index contributed by atoms with van der Waals surface area (Å²) in [5.41, 5.74) is 0.486. The maximum absolute atomic E-state index is 3.68. The van der Waals surface area contributed by atoms with E-state index in [0.29, 0.717) is 5.54 Å². The van der Waals surface area contributed by atoms with Crippen LogP contribution in [0.3, 0.4) is 0 Å². The number of unbranched alkanes of at least 4 members (excludes halogenated alkanes) is 7. The van der Waals surface area contributed by atoms with Crippen LogP contribution >= 0.6 is 0 Å². The van der Waals surface area contributed by atoms with E-state index in [0.717, 1.165) is 0 Å². The van der Waals surface area contributed by atoms with Crippen molar-refractivity contribution < 1.29 is 0 Å². The van der Waals surface area contributed by atoms with Gasteiger partial charge in [0.25, 0.3) is 0 Å². The minimum absolute atomic E-state index is 0.486. The Morgan fingerprint density at radius 1 is 0.895 bits per heavy atom. The fourth-order valence-corrected chi connectivity index (χ4v) is 3.07. The highest BCUT2D eigenvalue weighted by Crippen LogP contribution is 2.35. The highest BCUT2D eigenvalue weighted by atomic mass is 15.2. The highest BCUT2D eigenvalue weighted by molar-refractivity contribution is 4.97. The Morgan fingerprint density at radius 3 is 1.95 bits per heavy atom. The fraction of sp³-hybridized carbons (Fsp3) is 1.00. The van der Waals surface area contributed by atoms with Crippen LogP contribution in [-0.2, 0) is 0 Å². The molecule has 0 saturated heterocycles. The molecule has 0 aromatic carbocycles. The van der Waals surface area contributed by atoms with Gasteiger partial charge in [0.2, 0.25) is 0 Å². The largest absolute Gasteiger partial charge is 0.315 e. The predicted octanol–water partition coefficient (Wildman–Crippen LogP) is 4.20. The summed E-state index contributed by atoms with van der Waals surface area (Å²) in [6.45, 7) is 4.69. The van der Waals surface area contributed by atoms with Gasteiger partial charge in [0.1, 0.15) is 0 Å². The van der Waals surface area contributed by atoms with Gasteiger partial charge in [0.15, 0.2) is 0 Å². The molecule has 1 fully saturated rings. The van der Waals surface area contributed by atoms with Crippen LogP contribution in [0.15, 0.2) is 0 Å². The van der Waals surface area contributed by atoms with Crippen LogP contribution in [-0.4, -0.2) is 37.6 Å². The van der Waals surface area contributed by atoms with Crippen molar-refractivity contribution in [3.8, 4) is 0 Å². The number of hydrogen-bond acceptors (Lipinski definition) is 2. The topological polar surface area (TPSA) is 15.3 Å². The van der Waals surface area contributed by atoms with E-state index < -0.39 is 0 Å². The van der Waals surface area contributed by atoms with Gasteiger partial charge < -0.3 is 10.2 Å². The molecule has 0 radical (unpaired) electrons. The first kappa shape index (κ1) is 17.0. The molecule has 2 nitrogen and oxygen atoms in total. The normalized spacial score (nSPS) is 17.7. The maximum atomic E-state index is 3.68. The Bertz CT molecular complexity index is 209. The average Bonchev–Trinajstić information content (AvgIpc) is 2.33. The van der Waals surface area contributed by atoms with E-state index in [1.165, 1.54) is 83.7 Å². The third-order valence-corrected chi connectivity index (χ3v) is 4.89. The number of nitrogens with zero attached hydrogens (tertiary/aromatic N) is 1. The summed E-state index contributed by atoms with van der Waals surface area (Å²) in [5.74, 6) is 0. The molecule has 19 heavy (non-hydrogen) atoms. The predicted molar refractivity (Wildman–Crippen MR) is 85.7 cm³/mol. The lowest BCUT2D eigenvalue weighted by Crippen LogP contribution is -2.56. The molecule has 0 aromatic rings. The minimum atomic E-state index is 0.486. The standard InChI is InChI=1S/C17H36N2/c1-4-5-6-7-8-9-10-11-15-18-16-17(19(2)3)13-12-14-17/h18H,4-16H2,1-3H3. The Hall–Kier alpha value is -0.0800. The number of nitrogens with one attached hydrogen (secondary N) is 1. The molecule has 0 unspecified atom stereocenters. The van der Waals surface area contributed by atoms with Crippen molar-refractivity contribution in [3.63, 3.8) is 0 Å². The van der Waals surface area contributed by atoms with E-state index in [4.69, 9.17) is 0 Å². The quantitative estimate of drug-likeness (QED) is 0.534. The van der Waals surface area contributed by atoms with Gasteiger partial charge in [-0.25, -0.2) is 0 Å². The molecule has 1 aliphatic carbocycles. The van der Waals surface area contributed by atoms with Crippen molar-refractivity contribution in [2.75, 3.05) is 27.2 Å². The van der Waals surface area contributed by atoms with E-state index in [-0.39, 0.29) is 0 Å². The van der Waals surface area contributed by atoms with Gasteiger partial charge in [-0.05, 0) is 46.3 Å². The van der Waals surface area contributed by atoms with Crippen molar-refractivity contribution in [1.82, 2.24) is 10.2 Å². The zero-order valence-corrected chi connectivity index (χ0v) is 13.6. The molecule has 0 aromatic heterocycles. The van der Waals surface area contributed by atoms with Gasteiger partial charge in [-0.15, -0.1) is 0 Å². The molecule has 0 bridgehead atoms. The molecule has 1 rings (SSSR count). The van der Waals surface area contributed by atoms with Gasteiger partial charge in [-0.1, -0.05) is 51.9 Å². The molecule has 0 aliphatic heterocycles. The molecule has 0 amide bonds. The van der Waals surface area contributed by atoms with Crippen LogP contribution < -0.4 is 5.32 Å². The molecule has 2 heteroatoms. The second kappa shape index (κ2) is 9.77. The monoisotopic (exact) mass is 268 g/mol. The van der Waals surface area contributed by atoms with Gasteiger partial charge in [0.05, 0.1) is 0 Å². The molecular formula is C17H36N2. The van der Waals surface area contributed by atoms with Crippen molar-refractivity contribution in [1.29, 1.82) is 0 Å². The summed E-state index contributed by atoms with van der Waals surface area (Å²) in [5, 5.41) is 3.68. The van der Waals surface area contributed by atoms with Crippen LogP contribution in [0.5, 0.6) is 0 Å². The summed E-state index contributed by atoms with van der Waals surface area (Å²) in [4.78, 5) is 2.43. The first-order valence-corrected chi connectivity index (χ1v) is 8.59. The third-order valence-electron chi connectivity index (χ3n) is 4.89. The van der Waals surface area contributed by atoms with E-state index in [1.54, 1.807) is 0 Å². The summed E-state index contributed by atoms with van der Waals surface area (Å²) < 4.78 is 0. The second-order valence-corrected chi connectivity index (χ2v) is 6.62. The smallest absolute Gasteiger partial charge is 0.0327 e. The zero-order chi connectivity index (χ0) is 14.0. The first-order valence-electron chi connectivity index (χ1n) is 8.59. The van der Waals surface area contributed by atoms with Gasteiger partial charge in [0, 0.05) is 12.1 Å². The molecule has 1 saturated carbocycles. The first-order chi connectivity index (χ1) is 9.21. The van der Waals surface area contributed by atoms with Gasteiger partial charge >= 0.3 is 0 Å². The summed E-state index contributed by atoms with van der Waals surface area (Å²) in [7, 11) is 4.47. The zero-order valence-electron chi connectivity index (χ0n) is 13.6. The lowest BCUT2D eigenvalue weighted by Gasteiger charge is -2.47. The molecule has 1 N–H and O–H groups in total. The molecular weight excluding hydrogens is 232 g/mol. The molecule has 0 heterocycles. The lowest BCUT2D eigenvalue weighted by atomic mass is 9.75. The molecule has 0 atom stereocenters. The van der Waals surface area contributed by atoms with Crippen molar-refractivity contribution >= 4 is 0 Å². The Kier molecular flexibility index (Phi) is 8.72. The van der Waals surface area contributed by atoms with Crippen LogP contribution in [0.1, 0.15) is 77.6 Å². The summed E-state index contributed by atoms with van der Waals surface area (Å²) >= 11 is 0. The third kappa shape index (κ3) is 6.27. The van der Waals surface area contributed by atoms with Crippen LogP contribution in [0, 0.1) is 0 Å². The van der Waals surface area contributed by atoms with E-state index in [2.05, 4.69) is 31.2 Å². The van der Waals surface area contributed by atoms with Crippen molar-refractivity contribution in [3.05, 3.63) is 0 Å². The molecule has 0 spiro atoms. The molecule has 1 aliphatic rings. The number of rotatable bonds is 12. The van der Waals surface area contributed by atoms with Crippen LogP contribution in [0.4, 0.5) is 0 Å². The summed E-state index contributed by atoms with van der Waals surface area (Å²) in [6.07, 6.45) is 15.5. The van der Waals surface area contributed by atoms with E-state index in [9.17, 15) is 0 Å². The van der Waals surface area contributed by atoms with E-state index in [1.807, 2.05) is 0 Å². The van der Waals surface area contributed by atoms with Crippen molar-refractivity contribution in [2.45, 2.75) is 83.1 Å². The minimum Gasteiger partial charge on any atom is -0.315 e. The Morgan fingerprint density at radius 2 is 1.47 bits per heavy atom. The SMILES string of the molecule is CCCCCCCCCCNCC1(N(C)C)CCC1. The van der Waals surface area contributed by atoms with Crippen LogP contribution in [0.2, 0.25) is 0 Å². The average molecular weight is 268 g/mol. The number of likely N-dealkylation sites (N-methyl/N-ethyl adjacent to an activating group) is 1. The number of hydrogen-bond donors (Lipinski definition) is 1. The van der Waals surface area contributed by atoms with Gasteiger partial charge in [-0.2, -0.15) is 0 Å².